The van der Waals surface area contributed by atoms with Gasteiger partial charge in [-0.25, -0.2) is 0 Å². The molecule has 0 fully saturated rings. The zero-order valence-corrected chi connectivity index (χ0v) is 16.0. The van der Waals surface area contributed by atoms with Gasteiger partial charge in [-0.1, -0.05) is 30.3 Å². The van der Waals surface area contributed by atoms with Crippen molar-refractivity contribution in [1.82, 2.24) is 9.88 Å². The molecule has 0 bridgehead atoms. The molecule has 6 heteroatoms. The van der Waals surface area contributed by atoms with Crippen molar-refractivity contribution in [2.75, 3.05) is 25.6 Å². The van der Waals surface area contributed by atoms with Gasteiger partial charge in [0.25, 0.3) is 0 Å². The normalized spacial score (nSPS) is 10.8. The molecule has 28 heavy (non-hydrogen) atoms. The number of hydrogen-bond donors (Lipinski definition) is 2. The van der Waals surface area contributed by atoms with Crippen molar-refractivity contribution in [3.8, 4) is 0 Å². The summed E-state index contributed by atoms with van der Waals surface area (Å²) in [5.74, 6) is -0.212. The molecular weight excluding hydrogens is 354 g/mol. The minimum Gasteiger partial charge on any atom is -0.383 e. The summed E-state index contributed by atoms with van der Waals surface area (Å²) in [7, 11) is 1.68. The van der Waals surface area contributed by atoms with Crippen LogP contribution in [0.25, 0.3) is 10.9 Å². The van der Waals surface area contributed by atoms with Crippen molar-refractivity contribution in [2.45, 2.75) is 19.4 Å². The number of ether oxygens (including phenoxy) is 1. The minimum atomic E-state index is -0.127. The monoisotopic (exact) mass is 379 g/mol. The smallest absolute Gasteiger partial charge is 0.226 e. The molecule has 0 aliphatic carbocycles. The van der Waals surface area contributed by atoms with Crippen molar-refractivity contribution < 1.29 is 14.3 Å². The average Bonchev–Trinajstić information content (AvgIpc) is 3.09. The Morgan fingerprint density at radius 2 is 1.86 bits per heavy atom. The first-order valence-electron chi connectivity index (χ1n) is 9.34. The Morgan fingerprint density at radius 1 is 1.04 bits per heavy atom. The van der Waals surface area contributed by atoms with Crippen LogP contribution in [0, 0.1) is 0 Å². The van der Waals surface area contributed by atoms with E-state index in [1.807, 2.05) is 60.8 Å². The number of methoxy groups -OCH3 is 1. The number of aromatic nitrogens is 1. The van der Waals surface area contributed by atoms with E-state index in [4.69, 9.17) is 4.74 Å². The topological polar surface area (TPSA) is 72.4 Å². The van der Waals surface area contributed by atoms with E-state index in [1.165, 1.54) is 0 Å². The molecule has 1 heterocycles. The van der Waals surface area contributed by atoms with Crippen LogP contribution in [0.1, 0.15) is 12.0 Å². The van der Waals surface area contributed by atoms with Crippen LogP contribution in [-0.2, 0) is 27.3 Å². The Labute approximate surface area is 164 Å². The third-order valence-corrected chi connectivity index (χ3v) is 4.47. The van der Waals surface area contributed by atoms with Crippen LogP contribution < -0.4 is 10.6 Å². The van der Waals surface area contributed by atoms with Crippen molar-refractivity contribution in [3.63, 3.8) is 0 Å². The number of carbonyl (C=O) groups excluding carboxylic acids is 2. The molecule has 0 spiro atoms. The van der Waals surface area contributed by atoms with Crippen molar-refractivity contribution in [3.05, 3.63) is 66.4 Å². The number of rotatable bonds is 9. The van der Waals surface area contributed by atoms with Crippen molar-refractivity contribution in [2.24, 2.45) is 0 Å². The predicted octanol–water partition coefficient (Wildman–Crippen LogP) is 2.98. The number of carbonyl (C=O) groups is 2. The molecule has 2 amide bonds. The molecule has 2 aromatic carbocycles. The molecule has 0 aliphatic rings. The van der Waals surface area contributed by atoms with Crippen LogP contribution in [0.5, 0.6) is 0 Å². The van der Waals surface area contributed by atoms with Crippen LogP contribution in [0.4, 0.5) is 5.69 Å². The quantitative estimate of drug-likeness (QED) is 0.600. The van der Waals surface area contributed by atoms with Crippen molar-refractivity contribution in [1.29, 1.82) is 0 Å². The zero-order valence-electron chi connectivity index (χ0n) is 16.0. The van der Waals surface area contributed by atoms with E-state index in [2.05, 4.69) is 15.2 Å². The zero-order chi connectivity index (χ0) is 19.8. The highest BCUT2D eigenvalue weighted by Gasteiger charge is 2.07. The standard InChI is InChI=1S/C22H25N3O3/c1-28-14-13-25-12-10-18-16-19(7-8-20(18)25)24-21(26)9-11-23-22(27)15-17-5-3-2-4-6-17/h2-8,10,12,16H,9,11,13-15H2,1H3,(H,23,27)(H,24,26). The summed E-state index contributed by atoms with van der Waals surface area (Å²) in [5, 5.41) is 6.73. The lowest BCUT2D eigenvalue weighted by Crippen LogP contribution is -2.28. The van der Waals surface area contributed by atoms with Gasteiger partial charge >= 0.3 is 0 Å². The third-order valence-electron chi connectivity index (χ3n) is 4.47. The summed E-state index contributed by atoms with van der Waals surface area (Å²) in [6, 6.07) is 17.4. The highest BCUT2D eigenvalue weighted by atomic mass is 16.5. The average molecular weight is 379 g/mol. The molecule has 6 nitrogen and oxygen atoms in total. The maximum atomic E-state index is 12.2. The van der Waals surface area contributed by atoms with Gasteiger partial charge in [0.05, 0.1) is 13.0 Å². The molecule has 2 N–H and O–H groups in total. The molecular formula is C22H25N3O3. The maximum Gasteiger partial charge on any atom is 0.226 e. The van der Waals surface area contributed by atoms with Crippen LogP contribution in [0.2, 0.25) is 0 Å². The third kappa shape index (κ3) is 5.44. The Balaban J connectivity index is 1.46. The molecule has 0 saturated heterocycles. The molecule has 146 valence electrons. The highest BCUT2D eigenvalue weighted by molar-refractivity contribution is 5.94. The number of hydrogen-bond acceptors (Lipinski definition) is 3. The molecule has 3 rings (SSSR count). The number of anilines is 1. The fourth-order valence-electron chi connectivity index (χ4n) is 3.05. The second-order valence-corrected chi connectivity index (χ2v) is 6.59. The predicted molar refractivity (Wildman–Crippen MR) is 110 cm³/mol. The summed E-state index contributed by atoms with van der Waals surface area (Å²) < 4.78 is 7.24. The van der Waals surface area contributed by atoms with Crippen LogP contribution in [0.3, 0.4) is 0 Å². The van der Waals surface area contributed by atoms with Gasteiger partial charge in [-0.05, 0) is 29.8 Å². The lowest BCUT2D eigenvalue weighted by atomic mass is 10.1. The van der Waals surface area contributed by atoms with Crippen LogP contribution >= 0.6 is 0 Å². The van der Waals surface area contributed by atoms with E-state index < -0.39 is 0 Å². The summed E-state index contributed by atoms with van der Waals surface area (Å²) in [4.78, 5) is 24.1. The fraction of sp³-hybridized carbons (Fsp3) is 0.273. The van der Waals surface area contributed by atoms with Gasteiger partial charge in [0.2, 0.25) is 11.8 Å². The Bertz CT molecular complexity index is 935. The van der Waals surface area contributed by atoms with Gasteiger partial charge in [-0.2, -0.15) is 0 Å². The largest absolute Gasteiger partial charge is 0.383 e. The summed E-state index contributed by atoms with van der Waals surface area (Å²) in [5.41, 5.74) is 2.80. The fourth-order valence-corrected chi connectivity index (χ4v) is 3.05. The molecule has 3 aromatic rings. The van der Waals surface area contributed by atoms with Gasteiger partial charge in [0.1, 0.15) is 0 Å². The van der Waals surface area contributed by atoms with Gasteiger partial charge in [0.15, 0.2) is 0 Å². The van der Waals surface area contributed by atoms with E-state index in [-0.39, 0.29) is 18.2 Å². The van der Waals surface area contributed by atoms with Crippen LogP contribution in [-0.4, -0.2) is 36.6 Å². The Hall–Kier alpha value is -3.12. The van der Waals surface area contributed by atoms with E-state index in [1.54, 1.807) is 7.11 Å². The Kier molecular flexibility index (Phi) is 6.81. The van der Waals surface area contributed by atoms with Crippen molar-refractivity contribution >= 4 is 28.4 Å². The number of nitrogens with one attached hydrogen (secondary N) is 2. The first kappa shape index (κ1) is 19.6. The lowest BCUT2D eigenvalue weighted by Gasteiger charge is -2.08. The second-order valence-electron chi connectivity index (χ2n) is 6.59. The second kappa shape index (κ2) is 9.71. The summed E-state index contributed by atoms with van der Waals surface area (Å²) in [6.45, 7) is 1.75. The SMILES string of the molecule is COCCn1ccc2cc(NC(=O)CCNC(=O)Cc3ccccc3)ccc21. The first-order valence-corrected chi connectivity index (χ1v) is 9.34. The lowest BCUT2D eigenvalue weighted by molar-refractivity contribution is -0.120. The maximum absolute atomic E-state index is 12.2. The van der Waals surface area contributed by atoms with Crippen LogP contribution in [0.15, 0.2) is 60.8 Å². The molecule has 0 unspecified atom stereocenters. The van der Waals surface area contributed by atoms with E-state index >= 15 is 0 Å². The number of amides is 2. The molecule has 0 aliphatic heterocycles. The molecule has 0 radical (unpaired) electrons. The van der Waals surface area contributed by atoms with Gasteiger partial charge < -0.3 is 19.9 Å². The molecule has 0 saturated carbocycles. The van der Waals surface area contributed by atoms with E-state index in [0.717, 1.165) is 28.7 Å². The van der Waals surface area contributed by atoms with Gasteiger partial charge in [-0.3, -0.25) is 9.59 Å². The highest BCUT2D eigenvalue weighted by Crippen LogP contribution is 2.20. The molecule has 1 aromatic heterocycles. The summed E-state index contributed by atoms with van der Waals surface area (Å²) in [6.07, 6.45) is 2.56. The first-order chi connectivity index (χ1) is 13.7. The Morgan fingerprint density at radius 3 is 2.64 bits per heavy atom. The number of nitrogens with zero attached hydrogens (tertiary/aromatic N) is 1. The van der Waals surface area contributed by atoms with E-state index in [0.29, 0.717) is 19.6 Å². The number of fused-ring (bicyclic) bond motifs is 1. The molecule has 0 atom stereocenters. The van der Waals surface area contributed by atoms with Gasteiger partial charge in [0, 0.05) is 49.4 Å². The van der Waals surface area contributed by atoms with Gasteiger partial charge in [-0.15, -0.1) is 0 Å². The number of benzene rings is 2. The van der Waals surface area contributed by atoms with E-state index in [9.17, 15) is 9.59 Å². The summed E-state index contributed by atoms with van der Waals surface area (Å²) >= 11 is 0. The minimum absolute atomic E-state index is 0.0854.